The minimum absolute atomic E-state index is 0. The van der Waals surface area contributed by atoms with Crippen LogP contribution in [-0.4, -0.2) is 46.5 Å². The summed E-state index contributed by atoms with van der Waals surface area (Å²) < 4.78 is 22.2. The number of hydrogen-bond acceptors (Lipinski definition) is 3. The standard InChI is InChI=1S/C14H29N3O2S.HI/c1-12(2)10-14(6-5-7-14)11-17-13(15-3)16-8-9-20(4,18)19;/h12H,5-11H2,1-4H3,(H2,15,16,17);1H. The van der Waals surface area contributed by atoms with Crippen LogP contribution >= 0.6 is 24.0 Å². The summed E-state index contributed by atoms with van der Waals surface area (Å²) in [6.45, 7) is 5.85. The highest BCUT2D eigenvalue weighted by Crippen LogP contribution is 2.45. The highest BCUT2D eigenvalue weighted by atomic mass is 127. The first-order valence-corrected chi connectivity index (χ1v) is 9.45. The van der Waals surface area contributed by atoms with Crippen molar-refractivity contribution in [3.05, 3.63) is 0 Å². The van der Waals surface area contributed by atoms with Crippen molar-refractivity contribution >= 4 is 39.8 Å². The molecule has 0 heterocycles. The molecule has 0 aromatic carbocycles. The SMILES string of the molecule is CN=C(NCCS(C)(=O)=O)NCC1(CC(C)C)CCC1.I. The molecule has 1 saturated carbocycles. The van der Waals surface area contributed by atoms with E-state index in [2.05, 4.69) is 29.5 Å². The van der Waals surface area contributed by atoms with Gasteiger partial charge in [0.05, 0.1) is 5.75 Å². The summed E-state index contributed by atoms with van der Waals surface area (Å²) in [4.78, 5) is 4.15. The number of guanidine groups is 1. The first-order valence-electron chi connectivity index (χ1n) is 7.39. The molecule has 7 heteroatoms. The van der Waals surface area contributed by atoms with Crippen molar-refractivity contribution < 1.29 is 8.42 Å². The van der Waals surface area contributed by atoms with Crippen molar-refractivity contribution in [2.75, 3.05) is 32.1 Å². The van der Waals surface area contributed by atoms with Crippen LogP contribution in [0, 0.1) is 11.3 Å². The van der Waals surface area contributed by atoms with E-state index in [1.807, 2.05) is 0 Å². The molecule has 0 aliphatic heterocycles. The molecule has 1 rings (SSSR count). The van der Waals surface area contributed by atoms with Gasteiger partial charge in [0.15, 0.2) is 5.96 Å². The Morgan fingerprint density at radius 3 is 2.29 bits per heavy atom. The number of nitrogens with zero attached hydrogens (tertiary/aromatic N) is 1. The van der Waals surface area contributed by atoms with Crippen molar-refractivity contribution in [3.63, 3.8) is 0 Å². The molecule has 126 valence electrons. The Morgan fingerprint density at radius 2 is 1.90 bits per heavy atom. The number of nitrogens with one attached hydrogen (secondary N) is 2. The summed E-state index contributed by atoms with van der Waals surface area (Å²) >= 11 is 0. The van der Waals surface area contributed by atoms with E-state index in [9.17, 15) is 8.42 Å². The number of aliphatic imine (C=N–C) groups is 1. The highest BCUT2D eigenvalue weighted by Gasteiger charge is 2.37. The minimum Gasteiger partial charge on any atom is -0.356 e. The van der Waals surface area contributed by atoms with Crippen LogP contribution in [0.2, 0.25) is 0 Å². The molecule has 0 aromatic rings. The van der Waals surface area contributed by atoms with Crippen LogP contribution in [0.3, 0.4) is 0 Å². The van der Waals surface area contributed by atoms with Gasteiger partial charge in [-0.05, 0) is 30.6 Å². The van der Waals surface area contributed by atoms with Crippen molar-refractivity contribution in [3.8, 4) is 0 Å². The fraction of sp³-hybridized carbons (Fsp3) is 0.929. The van der Waals surface area contributed by atoms with Gasteiger partial charge in [-0.3, -0.25) is 4.99 Å². The van der Waals surface area contributed by atoms with Gasteiger partial charge in [-0.15, -0.1) is 24.0 Å². The van der Waals surface area contributed by atoms with Crippen LogP contribution in [0.25, 0.3) is 0 Å². The molecule has 21 heavy (non-hydrogen) atoms. The summed E-state index contributed by atoms with van der Waals surface area (Å²) in [7, 11) is -1.21. The summed E-state index contributed by atoms with van der Waals surface area (Å²) in [5.74, 6) is 1.53. The topological polar surface area (TPSA) is 70.6 Å². The third-order valence-corrected chi connectivity index (χ3v) is 4.82. The Morgan fingerprint density at radius 1 is 1.29 bits per heavy atom. The van der Waals surface area contributed by atoms with Crippen LogP contribution in [0.1, 0.15) is 39.5 Å². The molecule has 1 aliphatic rings. The minimum atomic E-state index is -2.93. The zero-order chi connectivity index (χ0) is 15.2. The summed E-state index contributed by atoms with van der Waals surface area (Å²) in [5, 5.41) is 6.41. The van der Waals surface area contributed by atoms with Crippen molar-refractivity contribution in [1.82, 2.24) is 10.6 Å². The zero-order valence-electron chi connectivity index (χ0n) is 13.6. The fourth-order valence-electron chi connectivity index (χ4n) is 2.84. The molecule has 1 fully saturated rings. The average molecular weight is 431 g/mol. The summed E-state index contributed by atoms with van der Waals surface area (Å²) in [6.07, 6.45) is 6.35. The second kappa shape index (κ2) is 9.17. The smallest absolute Gasteiger partial charge is 0.191 e. The van der Waals surface area contributed by atoms with E-state index in [-0.39, 0.29) is 29.7 Å². The van der Waals surface area contributed by atoms with E-state index in [1.54, 1.807) is 7.05 Å². The summed E-state index contributed by atoms with van der Waals surface area (Å²) in [6, 6.07) is 0. The fourth-order valence-corrected chi connectivity index (χ4v) is 3.32. The van der Waals surface area contributed by atoms with Crippen LogP contribution in [0.4, 0.5) is 0 Å². The Kier molecular flexibility index (Phi) is 9.15. The molecule has 0 saturated heterocycles. The van der Waals surface area contributed by atoms with Gasteiger partial charge in [0.25, 0.3) is 0 Å². The maximum atomic E-state index is 11.1. The van der Waals surface area contributed by atoms with Crippen LogP contribution in [-0.2, 0) is 9.84 Å². The number of sulfone groups is 1. The molecule has 0 unspecified atom stereocenters. The molecule has 0 radical (unpaired) electrons. The van der Waals surface area contributed by atoms with Crippen molar-refractivity contribution in [1.29, 1.82) is 0 Å². The van der Waals surface area contributed by atoms with Crippen LogP contribution in [0.5, 0.6) is 0 Å². The molecule has 5 nitrogen and oxygen atoms in total. The lowest BCUT2D eigenvalue weighted by Crippen LogP contribution is -2.47. The third kappa shape index (κ3) is 8.23. The van der Waals surface area contributed by atoms with Gasteiger partial charge < -0.3 is 10.6 Å². The lowest BCUT2D eigenvalue weighted by molar-refractivity contribution is 0.104. The monoisotopic (exact) mass is 431 g/mol. The Bertz CT molecular complexity index is 432. The Labute approximate surface area is 146 Å². The van der Waals surface area contributed by atoms with Gasteiger partial charge in [-0.1, -0.05) is 20.3 Å². The number of rotatable bonds is 7. The Balaban J connectivity index is 0.00000400. The highest BCUT2D eigenvalue weighted by molar-refractivity contribution is 14.0. The molecule has 0 aromatic heterocycles. The van der Waals surface area contributed by atoms with E-state index in [1.165, 1.54) is 31.9 Å². The van der Waals surface area contributed by atoms with Gasteiger partial charge in [-0.2, -0.15) is 0 Å². The first-order chi connectivity index (χ1) is 9.26. The Hall–Kier alpha value is -0.0500. The van der Waals surface area contributed by atoms with Gasteiger partial charge >= 0.3 is 0 Å². The maximum absolute atomic E-state index is 11.1. The molecule has 0 amide bonds. The van der Waals surface area contributed by atoms with Crippen LogP contribution in [0.15, 0.2) is 4.99 Å². The molecule has 1 aliphatic carbocycles. The normalized spacial score (nSPS) is 17.9. The lowest BCUT2D eigenvalue weighted by atomic mass is 9.64. The van der Waals surface area contributed by atoms with Gasteiger partial charge in [0.1, 0.15) is 9.84 Å². The summed E-state index contributed by atoms with van der Waals surface area (Å²) in [5.41, 5.74) is 0.405. The van der Waals surface area contributed by atoms with Gasteiger partial charge in [-0.25, -0.2) is 8.42 Å². The first kappa shape index (κ1) is 20.9. The van der Waals surface area contributed by atoms with Crippen LogP contribution < -0.4 is 10.6 Å². The van der Waals surface area contributed by atoms with E-state index in [0.717, 1.165) is 6.54 Å². The quantitative estimate of drug-likeness (QED) is 0.368. The van der Waals surface area contributed by atoms with Gasteiger partial charge in [0, 0.05) is 26.4 Å². The number of hydrogen-bond donors (Lipinski definition) is 2. The van der Waals surface area contributed by atoms with E-state index < -0.39 is 9.84 Å². The molecular weight excluding hydrogens is 401 g/mol. The van der Waals surface area contributed by atoms with Gasteiger partial charge in [0.2, 0.25) is 0 Å². The molecule has 0 atom stereocenters. The second-order valence-electron chi connectivity index (χ2n) is 6.43. The van der Waals surface area contributed by atoms with E-state index in [4.69, 9.17) is 0 Å². The molecule has 0 spiro atoms. The molecule has 2 N–H and O–H groups in total. The maximum Gasteiger partial charge on any atom is 0.191 e. The van der Waals surface area contributed by atoms with E-state index >= 15 is 0 Å². The molecular formula is C14H30IN3O2S. The van der Waals surface area contributed by atoms with Crippen molar-refractivity contribution in [2.45, 2.75) is 39.5 Å². The van der Waals surface area contributed by atoms with E-state index in [0.29, 0.717) is 23.8 Å². The second-order valence-corrected chi connectivity index (χ2v) is 8.69. The average Bonchev–Trinajstić information content (AvgIpc) is 2.27. The lowest BCUT2D eigenvalue weighted by Gasteiger charge is -2.43. The van der Waals surface area contributed by atoms with Crippen molar-refractivity contribution in [2.24, 2.45) is 16.3 Å². The number of halogens is 1. The third-order valence-electron chi connectivity index (χ3n) is 3.88. The predicted octanol–water partition coefficient (Wildman–Crippen LogP) is 2.03. The predicted molar refractivity (Wildman–Crippen MR) is 100 cm³/mol. The molecule has 0 bridgehead atoms. The zero-order valence-corrected chi connectivity index (χ0v) is 16.8. The largest absolute Gasteiger partial charge is 0.356 e.